The first kappa shape index (κ1) is 25.7. The van der Waals surface area contributed by atoms with E-state index in [1.165, 1.54) is 24.4 Å². The molecule has 0 amide bonds. The Kier molecular flexibility index (Phi) is 8.25. The van der Waals surface area contributed by atoms with Crippen LogP contribution in [0.4, 0.5) is 0 Å². The molecule has 0 spiro atoms. The molecule has 1 saturated carbocycles. The second-order valence-corrected chi connectivity index (χ2v) is 9.47. The Morgan fingerprint density at radius 1 is 1.22 bits per heavy atom. The number of benzene rings is 2. The minimum atomic E-state index is -0.514. The minimum absolute atomic E-state index is 0.142. The van der Waals surface area contributed by atoms with Crippen molar-refractivity contribution in [2.75, 3.05) is 13.7 Å². The van der Waals surface area contributed by atoms with Gasteiger partial charge in [-0.2, -0.15) is 9.78 Å². The van der Waals surface area contributed by atoms with E-state index in [2.05, 4.69) is 5.10 Å². The van der Waals surface area contributed by atoms with E-state index in [4.69, 9.17) is 30.8 Å². The molecule has 1 aliphatic rings. The van der Waals surface area contributed by atoms with E-state index in [0.29, 0.717) is 33.1 Å². The van der Waals surface area contributed by atoms with Crippen LogP contribution >= 0.6 is 11.6 Å². The van der Waals surface area contributed by atoms with Crippen molar-refractivity contribution >= 4 is 34.7 Å². The molecule has 0 aliphatic heterocycles. The van der Waals surface area contributed by atoms with Gasteiger partial charge in [0.1, 0.15) is 5.82 Å². The fourth-order valence-electron chi connectivity index (χ4n) is 4.42. The standard InChI is InChI=1S/C27H30ClN3O5/c1-17(2)36-24(32)16-35-25-19(13-20(28)14-23(25)34-3)15-29-31-26(18-9-5-4-6-10-18)30-22-12-8-7-11-21(22)27(31)33/h7-8,11-15,17-18H,4-6,9-10,16H2,1-3H3. The lowest BCUT2D eigenvalue weighted by atomic mass is 9.88. The summed E-state index contributed by atoms with van der Waals surface area (Å²) in [7, 11) is 1.48. The molecule has 1 heterocycles. The Morgan fingerprint density at radius 3 is 2.69 bits per heavy atom. The van der Waals surface area contributed by atoms with Crippen molar-refractivity contribution in [3.8, 4) is 11.5 Å². The molecule has 8 nitrogen and oxygen atoms in total. The molecule has 0 radical (unpaired) electrons. The van der Waals surface area contributed by atoms with Gasteiger partial charge in [0.2, 0.25) is 0 Å². The molecule has 3 aromatic rings. The van der Waals surface area contributed by atoms with Gasteiger partial charge in [-0.15, -0.1) is 0 Å². The molecule has 36 heavy (non-hydrogen) atoms. The number of ether oxygens (including phenoxy) is 3. The lowest BCUT2D eigenvalue weighted by Gasteiger charge is -2.22. The summed E-state index contributed by atoms with van der Waals surface area (Å²) in [4.78, 5) is 30.4. The molecule has 9 heteroatoms. The fourth-order valence-corrected chi connectivity index (χ4v) is 4.63. The zero-order chi connectivity index (χ0) is 25.7. The third-order valence-electron chi connectivity index (χ3n) is 6.03. The first-order chi connectivity index (χ1) is 17.4. The average Bonchev–Trinajstić information content (AvgIpc) is 2.87. The Hall–Kier alpha value is -3.39. The Bertz CT molecular complexity index is 1330. The summed E-state index contributed by atoms with van der Waals surface area (Å²) in [5, 5.41) is 5.44. The largest absolute Gasteiger partial charge is 0.493 e. The number of esters is 1. The lowest BCUT2D eigenvalue weighted by Crippen LogP contribution is -2.25. The lowest BCUT2D eigenvalue weighted by molar-refractivity contribution is -0.149. The van der Waals surface area contributed by atoms with Crippen LogP contribution < -0.4 is 15.0 Å². The number of halogens is 1. The number of carbonyl (C=O) groups is 1. The Morgan fingerprint density at radius 2 is 1.97 bits per heavy atom. The predicted molar refractivity (Wildman–Crippen MR) is 140 cm³/mol. The zero-order valence-corrected chi connectivity index (χ0v) is 21.5. The van der Waals surface area contributed by atoms with Crippen LogP contribution in [-0.2, 0) is 9.53 Å². The van der Waals surface area contributed by atoms with Crippen LogP contribution in [0.1, 0.15) is 63.3 Å². The van der Waals surface area contributed by atoms with Gasteiger partial charge in [-0.1, -0.05) is 43.0 Å². The highest BCUT2D eigenvalue weighted by Crippen LogP contribution is 2.35. The van der Waals surface area contributed by atoms with Crippen LogP contribution in [-0.4, -0.2) is 41.7 Å². The van der Waals surface area contributed by atoms with E-state index in [1.54, 1.807) is 32.0 Å². The van der Waals surface area contributed by atoms with Gasteiger partial charge in [0, 0.05) is 22.6 Å². The number of methoxy groups -OCH3 is 1. The topological polar surface area (TPSA) is 92.0 Å². The van der Waals surface area contributed by atoms with Crippen molar-refractivity contribution in [2.24, 2.45) is 5.10 Å². The zero-order valence-electron chi connectivity index (χ0n) is 20.7. The third-order valence-corrected chi connectivity index (χ3v) is 6.25. The van der Waals surface area contributed by atoms with E-state index in [-0.39, 0.29) is 29.9 Å². The number of hydrogen-bond acceptors (Lipinski definition) is 7. The SMILES string of the molecule is COc1cc(Cl)cc(C=Nn2c(C3CCCCC3)nc3ccccc3c2=O)c1OCC(=O)OC(C)C. The van der Waals surface area contributed by atoms with Crippen molar-refractivity contribution in [1.82, 2.24) is 9.66 Å². The smallest absolute Gasteiger partial charge is 0.344 e. The molecule has 4 rings (SSSR count). The van der Waals surface area contributed by atoms with Gasteiger partial charge >= 0.3 is 5.97 Å². The first-order valence-corrected chi connectivity index (χ1v) is 12.5. The quantitative estimate of drug-likeness (QED) is 0.300. The van der Waals surface area contributed by atoms with Crippen molar-refractivity contribution in [1.29, 1.82) is 0 Å². The summed E-state index contributed by atoms with van der Waals surface area (Å²) in [5.74, 6) is 0.875. The van der Waals surface area contributed by atoms with Crippen molar-refractivity contribution in [3.05, 3.63) is 63.2 Å². The maximum absolute atomic E-state index is 13.5. The van der Waals surface area contributed by atoms with Crippen molar-refractivity contribution < 1.29 is 19.0 Å². The maximum Gasteiger partial charge on any atom is 0.344 e. The fraction of sp³-hybridized carbons (Fsp3) is 0.407. The number of hydrogen-bond donors (Lipinski definition) is 0. The molecule has 0 unspecified atom stereocenters. The summed E-state index contributed by atoms with van der Waals surface area (Å²) >= 11 is 6.31. The van der Waals surface area contributed by atoms with Crippen LogP contribution in [0.5, 0.6) is 11.5 Å². The number of nitrogens with zero attached hydrogens (tertiary/aromatic N) is 3. The average molecular weight is 512 g/mol. The highest BCUT2D eigenvalue weighted by molar-refractivity contribution is 6.31. The predicted octanol–water partition coefficient (Wildman–Crippen LogP) is 5.32. The number of aromatic nitrogens is 2. The molecule has 1 aromatic heterocycles. The number of carbonyl (C=O) groups excluding carboxylic acids is 1. The van der Waals surface area contributed by atoms with E-state index in [1.807, 2.05) is 18.2 Å². The van der Waals surface area contributed by atoms with Crippen LogP contribution in [0.25, 0.3) is 10.9 Å². The van der Waals surface area contributed by atoms with Gasteiger partial charge in [-0.3, -0.25) is 4.79 Å². The number of para-hydroxylation sites is 1. The van der Waals surface area contributed by atoms with Crippen molar-refractivity contribution in [2.45, 2.75) is 58.0 Å². The summed E-state index contributed by atoms with van der Waals surface area (Å²) in [6.07, 6.45) is 6.50. The van der Waals surface area contributed by atoms with Crippen LogP contribution in [0.3, 0.4) is 0 Å². The summed E-state index contributed by atoms with van der Waals surface area (Å²) in [6.45, 7) is 3.21. The van der Waals surface area contributed by atoms with E-state index < -0.39 is 5.97 Å². The molecule has 2 aromatic carbocycles. The molecule has 190 valence electrons. The second kappa shape index (κ2) is 11.6. The van der Waals surface area contributed by atoms with Gasteiger partial charge in [-0.25, -0.2) is 9.78 Å². The number of fused-ring (bicyclic) bond motifs is 1. The van der Waals surface area contributed by atoms with E-state index in [0.717, 1.165) is 25.7 Å². The molecule has 1 aliphatic carbocycles. The minimum Gasteiger partial charge on any atom is -0.493 e. The van der Waals surface area contributed by atoms with Crippen LogP contribution in [0, 0.1) is 0 Å². The summed E-state index contributed by atoms with van der Waals surface area (Å²) < 4.78 is 17.7. The number of rotatable bonds is 8. The molecule has 0 atom stereocenters. The molecule has 0 N–H and O–H groups in total. The monoisotopic (exact) mass is 511 g/mol. The highest BCUT2D eigenvalue weighted by atomic mass is 35.5. The van der Waals surface area contributed by atoms with Crippen LogP contribution in [0.2, 0.25) is 5.02 Å². The maximum atomic E-state index is 13.5. The Labute approximate surface area is 214 Å². The van der Waals surface area contributed by atoms with Crippen molar-refractivity contribution in [3.63, 3.8) is 0 Å². The van der Waals surface area contributed by atoms with Gasteiger partial charge in [0.15, 0.2) is 18.1 Å². The molecular formula is C27H30ClN3O5. The molecular weight excluding hydrogens is 482 g/mol. The molecule has 1 fully saturated rings. The van der Waals surface area contributed by atoms with E-state index in [9.17, 15) is 9.59 Å². The van der Waals surface area contributed by atoms with Gasteiger partial charge in [0.25, 0.3) is 5.56 Å². The van der Waals surface area contributed by atoms with Gasteiger partial charge in [0.05, 0.1) is 30.3 Å². The summed E-state index contributed by atoms with van der Waals surface area (Å²) in [5.41, 5.74) is 0.868. The van der Waals surface area contributed by atoms with Gasteiger partial charge < -0.3 is 14.2 Å². The van der Waals surface area contributed by atoms with E-state index >= 15 is 0 Å². The third kappa shape index (κ3) is 5.87. The Balaban J connectivity index is 1.77. The second-order valence-electron chi connectivity index (χ2n) is 9.04. The summed E-state index contributed by atoms with van der Waals surface area (Å²) in [6, 6.07) is 10.5. The van der Waals surface area contributed by atoms with Crippen LogP contribution in [0.15, 0.2) is 46.3 Å². The molecule has 0 bridgehead atoms. The molecule has 0 saturated heterocycles. The van der Waals surface area contributed by atoms with Gasteiger partial charge in [-0.05, 0) is 44.9 Å². The normalized spacial score (nSPS) is 14.5. The first-order valence-electron chi connectivity index (χ1n) is 12.1. The highest BCUT2D eigenvalue weighted by Gasteiger charge is 2.23.